The molecule has 5 heteroatoms. The first-order valence-electron chi connectivity index (χ1n) is 6.85. The number of nitrogens with two attached hydrogens (primary N) is 1. The summed E-state index contributed by atoms with van der Waals surface area (Å²) in [7, 11) is 0. The van der Waals surface area contributed by atoms with E-state index in [1.165, 1.54) is 6.07 Å². The topological polar surface area (TPSA) is 56.5 Å². The van der Waals surface area contributed by atoms with Crippen LogP contribution in [0.4, 0.5) is 21.5 Å². The summed E-state index contributed by atoms with van der Waals surface area (Å²) in [6.07, 6.45) is 0. The number of halogens is 1. The average Bonchev–Trinajstić information content (AvgIpc) is 2.46. The lowest BCUT2D eigenvalue weighted by molar-refractivity contribution is 0.322. The van der Waals surface area contributed by atoms with E-state index in [2.05, 4.69) is 5.32 Å². The molecule has 0 radical (unpaired) electrons. The fraction of sp³-hybridized carbons (Fsp3) is 0.250. The Kier molecular flexibility index (Phi) is 4.87. The van der Waals surface area contributed by atoms with Crippen molar-refractivity contribution in [2.45, 2.75) is 13.8 Å². The molecule has 0 saturated heterocycles. The molecule has 0 aliphatic heterocycles. The van der Waals surface area contributed by atoms with Crippen LogP contribution in [0.2, 0.25) is 0 Å². The van der Waals surface area contributed by atoms with Gasteiger partial charge in [0.2, 0.25) is 0 Å². The van der Waals surface area contributed by atoms with Crippen LogP contribution in [-0.2, 0) is 0 Å². The summed E-state index contributed by atoms with van der Waals surface area (Å²) in [5, 5.41) is 3.14. The van der Waals surface area contributed by atoms with Crippen molar-refractivity contribution < 1.29 is 13.9 Å². The molecule has 21 heavy (non-hydrogen) atoms. The zero-order valence-corrected chi connectivity index (χ0v) is 12.2. The molecule has 0 aliphatic rings. The van der Waals surface area contributed by atoms with E-state index in [4.69, 9.17) is 15.2 Å². The van der Waals surface area contributed by atoms with E-state index >= 15 is 0 Å². The maximum absolute atomic E-state index is 13.6. The van der Waals surface area contributed by atoms with Gasteiger partial charge in [0.15, 0.2) is 11.6 Å². The zero-order chi connectivity index (χ0) is 15.2. The summed E-state index contributed by atoms with van der Waals surface area (Å²) in [6, 6.07) is 10.3. The van der Waals surface area contributed by atoms with E-state index in [1.54, 1.807) is 13.0 Å². The molecule has 2 rings (SSSR count). The van der Waals surface area contributed by atoms with Gasteiger partial charge in [-0.3, -0.25) is 0 Å². The maximum atomic E-state index is 13.6. The van der Waals surface area contributed by atoms with E-state index in [-0.39, 0.29) is 5.75 Å². The predicted molar refractivity (Wildman–Crippen MR) is 82.9 cm³/mol. The first kappa shape index (κ1) is 15.0. The van der Waals surface area contributed by atoms with Gasteiger partial charge in [-0.05, 0) is 38.1 Å². The van der Waals surface area contributed by atoms with Crippen LogP contribution in [0, 0.1) is 5.82 Å². The van der Waals surface area contributed by atoms with Crippen molar-refractivity contribution in [1.82, 2.24) is 0 Å². The lowest BCUT2D eigenvalue weighted by atomic mass is 10.2. The fourth-order valence-corrected chi connectivity index (χ4v) is 1.90. The minimum absolute atomic E-state index is 0.181. The van der Waals surface area contributed by atoms with Crippen LogP contribution in [-0.4, -0.2) is 13.2 Å². The first-order chi connectivity index (χ1) is 10.1. The average molecular weight is 290 g/mol. The summed E-state index contributed by atoms with van der Waals surface area (Å²) >= 11 is 0. The van der Waals surface area contributed by atoms with Crippen molar-refractivity contribution in [3.8, 4) is 11.5 Å². The Hall–Kier alpha value is -2.43. The molecule has 0 unspecified atom stereocenters. The molecule has 2 aromatic rings. The molecule has 0 heterocycles. The number of nitrogen functional groups attached to an aromatic ring is 1. The fourth-order valence-electron chi connectivity index (χ4n) is 1.90. The standard InChI is InChI=1S/C16H19FN2O2/c1-3-20-12-7-5-11(6-8-12)19-15-10-16(21-4-2)13(17)9-14(15)18/h5-10,19H,3-4,18H2,1-2H3. The minimum atomic E-state index is -0.466. The molecule has 0 aliphatic carbocycles. The smallest absolute Gasteiger partial charge is 0.167 e. The summed E-state index contributed by atoms with van der Waals surface area (Å²) in [5.74, 6) is 0.511. The monoisotopic (exact) mass is 290 g/mol. The highest BCUT2D eigenvalue weighted by Gasteiger charge is 2.09. The number of anilines is 3. The molecule has 2 aromatic carbocycles. The number of ether oxygens (including phenoxy) is 2. The number of nitrogens with one attached hydrogen (secondary N) is 1. The van der Waals surface area contributed by atoms with Crippen LogP contribution >= 0.6 is 0 Å². The first-order valence-corrected chi connectivity index (χ1v) is 6.85. The van der Waals surface area contributed by atoms with Crippen LogP contribution in [0.5, 0.6) is 11.5 Å². The van der Waals surface area contributed by atoms with Gasteiger partial charge in [-0.15, -0.1) is 0 Å². The molecule has 4 nitrogen and oxygen atoms in total. The van der Waals surface area contributed by atoms with Gasteiger partial charge in [0.05, 0.1) is 24.6 Å². The van der Waals surface area contributed by atoms with Crippen LogP contribution < -0.4 is 20.5 Å². The summed E-state index contributed by atoms with van der Waals surface area (Å²) in [4.78, 5) is 0. The van der Waals surface area contributed by atoms with Crippen molar-refractivity contribution >= 4 is 17.1 Å². The minimum Gasteiger partial charge on any atom is -0.494 e. The third-order valence-electron chi connectivity index (χ3n) is 2.85. The third-order valence-corrected chi connectivity index (χ3v) is 2.85. The van der Waals surface area contributed by atoms with Gasteiger partial charge in [0.1, 0.15) is 5.75 Å². The SMILES string of the molecule is CCOc1ccc(Nc2cc(OCC)c(F)cc2N)cc1. The molecule has 112 valence electrons. The van der Waals surface area contributed by atoms with Gasteiger partial charge in [-0.25, -0.2) is 4.39 Å². The van der Waals surface area contributed by atoms with Gasteiger partial charge in [-0.1, -0.05) is 0 Å². The van der Waals surface area contributed by atoms with E-state index < -0.39 is 5.82 Å². The predicted octanol–water partition coefficient (Wildman–Crippen LogP) is 3.95. The van der Waals surface area contributed by atoms with Crippen LogP contribution in [0.15, 0.2) is 36.4 Å². The van der Waals surface area contributed by atoms with Crippen molar-refractivity contribution in [2.75, 3.05) is 24.3 Å². The second-order valence-corrected chi connectivity index (χ2v) is 4.39. The van der Waals surface area contributed by atoms with Crippen molar-refractivity contribution in [3.63, 3.8) is 0 Å². The summed E-state index contributed by atoms with van der Waals surface area (Å²) in [6.45, 7) is 4.74. The van der Waals surface area contributed by atoms with E-state index in [0.717, 1.165) is 11.4 Å². The Labute approximate surface area is 123 Å². The Morgan fingerprint density at radius 1 is 1.05 bits per heavy atom. The summed E-state index contributed by atoms with van der Waals surface area (Å²) in [5.41, 5.74) is 7.59. The van der Waals surface area contributed by atoms with Gasteiger partial charge in [-0.2, -0.15) is 0 Å². The van der Waals surface area contributed by atoms with Gasteiger partial charge in [0.25, 0.3) is 0 Å². The normalized spacial score (nSPS) is 10.2. The Morgan fingerprint density at radius 3 is 2.33 bits per heavy atom. The second kappa shape index (κ2) is 6.83. The molecule has 0 spiro atoms. The molecule has 0 saturated carbocycles. The van der Waals surface area contributed by atoms with Crippen molar-refractivity contribution in [2.24, 2.45) is 0 Å². The van der Waals surface area contributed by atoms with Gasteiger partial charge >= 0.3 is 0 Å². The molecular weight excluding hydrogens is 271 g/mol. The number of benzene rings is 2. The number of hydrogen-bond donors (Lipinski definition) is 2. The van der Waals surface area contributed by atoms with Crippen LogP contribution in [0.1, 0.15) is 13.8 Å². The third kappa shape index (κ3) is 3.78. The Bertz CT molecular complexity index is 600. The number of hydrogen-bond acceptors (Lipinski definition) is 4. The molecule has 0 aromatic heterocycles. The highest BCUT2D eigenvalue weighted by atomic mass is 19.1. The van der Waals surface area contributed by atoms with Gasteiger partial charge in [0, 0.05) is 17.8 Å². The molecule has 0 atom stereocenters. The molecule has 0 amide bonds. The lowest BCUT2D eigenvalue weighted by Crippen LogP contribution is -2.01. The van der Waals surface area contributed by atoms with E-state index in [9.17, 15) is 4.39 Å². The highest BCUT2D eigenvalue weighted by Crippen LogP contribution is 2.31. The molecule has 0 fully saturated rings. The highest BCUT2D eigenvalue weighted by molar-refractivity contribution is 5.74. The van der Waals surface area contributed by atoms with Gasteiger partial charge < -0.3 is 20.5 Å². The van der Waals surface area contributed by atoms with Crippen molar-refractivity contribution in [1.29, 1.82) is 0 Å². The summed E-state index contributed by atoms with van der Waals surface area (Å²) < 4.78 is 24.3. The van der Waals surface area contributed by atoms with E-state index in [0.29, 0.717) is 24.6 Å². The lowest BCUT2D eigenvalue weighted by Gasteiger charge is -2.13. The number of rotatable bonds is 6. The van der Waals surface area contributed by atoms with Crippen molar-refractivity contribution in [3.05, 3.63) is 42.2 Å². The Balaban J connectivity index is 2.20. The molecule has 0 bridgehead atoms. The largest absolute Gasteiger partial charge is 0.494 e. The maximum Gasteiger partial charge on any atom is 0.167 e. The van der Waals surface area contributed by atoms with Crippen LogP contribution in [0.3, 0.4) is 0 Å². The zero-order valence-electron chi connectivity index (χ0n) is 12.2. The molecule has 3 N–H and O–H groups in total. The quantitative estimate of drug-likeness (QED) is 0.791. The second-order valence-electron chi connectivity index (χ2n) is 4.39. The Morgan fingerprint density at radius 2 is 1.71 bits per heavy atom. The molecular formula is C16H19FN2O2. The van der Waals surface area contributed by atoms with E-state index in [1.807, 2.05) is 31.2 Å². The van der Waals surface area contributed by atoms with Crippen LogP contribution in [0.25, 0.3) is 0 Å².